The van der Waals surface area contributed by atoms with Crippen LogP contribution in [-0.2, 0) is 4.79 Å². The summed E-state index contributed by atoms with van der Waals surface area (Å²) in [6.07, 6.45) is 1.43. The van der Waals surface area contributed by atoms with Gasteiger partial charge in [0.05, 0.1) is 16.3 Å². The van der Waals surface area contributed by atoms with E-state index in [4.69, 9.17) is 4.74 Å². The molecule has 0 atom stereocenters. The minimum Gasteiger partial charge on any atom is -0.506 e. The van der Waals surface area contributed by atoms with Gasteiger partial charge < -0.3 is 15.2 Å². The fourth-order valence-electron chi connectivity index (χ4n) is 2.81. The van der Waals surface area contributed by atoms with Crippen LogP contribution in [0.2, 0.25) is 0 Å². The lowest BCUT2D eigenvalue weighted by Gasteiger charge is -2.09. The van der Waals surface area contributed by atoms with Gasteiger partial charge in [-0.2, -0.15) is 5.10 Å². The first-order valence-corrected chi connectivity index (χ1v) is 11.4. The van der Waals surface area contributed by atoms with Gasteiger partial charge in [0.25, 0.3) is 11.8 Å². The Morgan fingerprint density at radius 2 is 1.85 bits per heavy atom. The normalized spacial score (nSPS) is 10.8. The molecular weight excluding hydrogens is 554 g/mol. The average molecular weight is 575 g/mol. The SMILES string of the molecule is Cc1ccc(NC(=O)COc2cccc(/C=N\NC(=O)c3cc(Br)cc(Br)c3O)c2)cc1C. The van der Waals surface area contributed by atoms with Crippen molar-refractivity contribution < 1.29 is 19.4 Å². The summed E-state index contributed by atoms with van der Waals surface area (Å²) in [5, 5.41) is 16.8. The summed E-state index contributed by atoms with van der Waals surface area (Å²) in [6.45, 7) is 3.84. The van der Waals surface area contributed by atoms with E-state index in [2.05, 4.69) is 47.7 Å². The second-order valence-electron chi connectivity index (χ2n) is 7.19. The van der Waals surface area contributed by atoms with Gasteiger partial charge >= 0.3 is 0 Å². The molecule has 3 aromatic rings. The van der Waals surface area contributed by atoms with E-state index in [1.807, 2.05) is 32.0 Å². The molecule has 7 nitrogen and oxygen atoms in total. The zero-order valence-corrected chi connectivity index (χ0v) is 21.0. The number of anilines is 1. The topological polar surface area (TPSA) is 100 Å². The molecule has 0 aliphatic heterocycles. The van der Waals surface area contributed by atoms with Crippen LogP contribution in [0.25, 0.3) is 0 Å². The Kier molecular flexibility index (Phi) is 8.24. The number of halogens is 2. The highest BCUT2D eigenvalue weighted by molar-refractivity contribution is 9.11. The molecule has 0 saturated carbocycles. The van der Waals surface area contributed by atoms with E-state index in [0.29, 0.717) is 25.9 Å². The highest BCUT2D eigenvalue weighted by Crippen LogP contribution is 2.31. The van der Waals surface area contributed by atoms with Gasteiger partial charge in [-0.05, 0) is 82.9 Å². The maximum absolute atomic E-state index is 12.3. The first-order valence-electron chi connectivity index (χ1n) is 9.84. The number of carbonyl (C=O) groups is 2. The third kappa shape index (κ3) is 6.90. The molecule has 2 amide bonds. The number of amides is 2. The largest absolute Gasteiger partial charge is 0.506 e. The van der Waals surface area contributed by atoms with Crippen LogP contribution in [0.5, 0.6) is 11.5 Å². The lowest BCUT2D eigenvalue weighted by atomic mass is 10.1. The molecule has 0 aliphatic rings. The van der Waals surface area contributed by atoms with Crippen molar-refractivity contribution in [3.63, 3.8) is 0 Å². The summed E-state index contributed by atoms with van der Waals surface area (Å²) in [7, 11) is 0. The van der Waals surface area contributed by atoms with Crippen molar-refractivity contribution in [1.29, 1.82) is 0 Å². The van der Waals surface area contributed by atoms with E-state index < -0.39 is 5.91 Å². The van der Waals surface area contributed by atoms with Crippen molar-refractivity contribution >= 4 is 55.6 Å². The van der Waals surface area contributed by atoms with E-state index in [9.17, 15) is 14.7 Å². The van der Waals surface area contributed by atoms with Crippen molar-refractivity contribution in [2.24, 2.45) is 5.10 Å². The number of rotatable bonds is 7. The zero-order chi connectivity index (χ0) is 24.0. The Morgan fingerprint density at radius 1 is 1.06 bits per heavy atom. The van der Waals surface area contributed by atoms with E-state index in [1.54, 1.807) is 30.3 Å². The molecule has 0 bridgehead atoms. The monoisotopic (exact) mass is 573 g/mol. The number of nitrogens with one attached hydrogen (secondary N) is 2. The second-order valence-corrected chi connectivity index (χ2v) is 8.96. The molecule has 3 aromatic carbocycles. The van der Waals surface area contributed by atoms with Gasteiger partial charge in [-0.3, -0.25) is 9.59 Å². The molecule has 0 aromatic heterocycles. The predicted molar refractivity (Wildman–Crippen MR) is 135 cm³/mol. The van der Waals surface area contributed by atoms with E-state index in [0.717, 1.165) is 11.1 Å². The molecule has 0 heterocycles. The maximum Gasteiger partial charge on any atom is 0.275 e. The number of hydrazone groups is 1. The van der Waals surface area contributed by atoms with Crippen LogP contribution >= 0.6 is 31.9 Å². The van der Waals surface area contributed by atoms with Crippen LogP contribution in [0, 0.1) is 13.8 Å². The number of nitrogens with zero attached hydrogens (tertiary/aromatic N) is 1. The molecule has 170 valence electrons. The van der Waals surface area contributed by atoms with Crippen molar-refractivity contribution in [2.45, 2.75) is 13.8 Å². The van der Waals surface area contributed by atoms with Crippen molar-refractivity contribution in [1.82, 2.24) is 5.43 Å². The lowest BCUT2D eigenvalue weighted by Crippen LogP contribution is -2.20. The smallest absolute Gasteiger partial charge is 0.275 e. The molecule has 0 fully saturated rings. The van der Waals surface area contributed by atoms with Crippen molar-refractivity contribution in [2.75, 3.05) is 11.9 Å². The quantitative estimate of drug-likeness (QED) is 0.263. The van der Waals surface area contributed by atoms with Crippen LogP contribution in [-0.4, -0.2) is 29.7 Å². The number of carbonyl (C=O) groups excluding carboxylic acids is 2. The highest BCUT2D eigenvalue weighted by atomic mass is 79.9. The third-order valence-corrected chi connectivity index (χ3v) is 5.73. The highest BCUT2D eigenvalue weighted by Gasteiger charge is 2.14. The van der Waals surface area contributed by atoms with Crippen molar-refractivity contribution in [3.05, 3.63) is 85.8 Å². The zero-order valence-electron chi connectivity index (χ0n) is 17.9. The number of hydrogen-bond donors (Lipinski definition) is 3. The fourth-order valence-corrected chi connectivity index (χ4v) is 4.04. The molecule has 9 heteroatoms. The van der Waals surface area contributed by atoms with Gasteiger partial charge in [-0.25, -0.2) is 5.43 Å². The average Bonchev–Trinajstić information content (AvgIpc) is 2.77. The Morgan fingerprint density at radius 3 is 2.61 bits per heavy atom. The summed E-state index contributed by atoms with van der Waals surface area (Å²) >= 11 is 6.46. The minimum absolute atomic E-state index is 0.0697. The first-order chi connectivity index (χ1) is 15.7. The van der Waals surface area contributed by atoms with Crippen LogP contribution in [0.15, 0.2) is 68.6 Å². The summed E-state index contributed by atoms with van der Waals surface area (Å²) < 4.78 is 6.59. The number of aromatic hydroxyl groups is 1. The number of hydrogen-bond acceptors (Lipinski definition) is 5. The van der Waals surface area contributed by atoms with Gasteiger partial charge in [-0.15, -0.1) is 0 Å². The minimum atomic E-state index is -0.568. The Bertz CT molecular complexity index is 1230. The molecule has 3 rings (SSSR count). The Balaban J connectivity index is 1.56. The number of phenolic OH excluding ortho intramolecular Hbond substituents is 1. The Labute approximate surface area is 208 Å². The summed E-state index contributed by atoms with van der Waals surface area (Å²) in [5.41, 5.74) is 6.06. The Hall–Kier alpha value is -3.17. The van der Waals surface area contributed by atoms with Gasteiger partial charge in [0.2, 0.25) is 0 Å². The van der Waals surface area contributed by atoms with Gasteiger partial charge in [-0.1, -0.05) is 34.1 Å². The number of phenols is 1. The summed E-state index contributed by atoms with van der Waals surface area (Å²) in [6, 6.07) is 15.7. The fraction of sp³-hybridized carbons (Fsp3) is 0.125. The van der Waals surface area contributed by atoms with Crippen LogP contribution < -0.4 is 15.5 Å². The molecule has 0 saturated heterocycles. The van der Waals surface area contributed by atoms with E-state index in [-0.39, 0.29) is 23.8 Å². The predicted octanol–water partition coefficient (Wildman–Crippen LogP) is 5.32. The summed E-state index contributed by atoms with van der Waals surface area (Å²) in [4.78, 5) is 24.5. The molecule has 0 unspecified atom stereocenters. The second kappa shape index (κ2) is 11.1. The summed E-state index contributed by atoms with van der Waals surface area (Å²) in [5.74, 6) is -0.541. The van der Waals surface area contributed by atoms with Crippen LogP contribution in [0.1, 0.15) is 27.0 Å². The van der Waals surface area contributed by atoms with Crippen molar-refractivity contribution in [3.8, 4) is 11.5 Å². The number of aryl methyl sites for hydroxylation is 2. The van der Waals surface area contributed by atoms with E-state index >= 15 is 0 Å². The van der Waals surface area contributed by atoms with Gasteiger partial charge in [0, 0.05) is 10.2 Å². The van der Waals surface area contributed by atoms with Gasteiger partial charge in [0.15, 0.2) is 6.61 Å². The molecule has 0 radical (unpaired) electrons. The lowest BCUT2D eigenvalue weighted by molar-refractivity contribution is -0.118. The molecule has 0 spiro atoms. The standard InChI is InChI=1S/C24H21Br2N3O4/c1-14-6-7-18(8-15(14)2)28-22(30)13-33-19-5-3-4-16(9-19)12-27-29-24(32)20-10-17(25)11-21(26)23(20)31/h3-12,31H,13H2,1-2H3,(H,28,30)(H,29,32)/b27-12-. The van der Waals surface area contributed by atoms with Crippen LogP contribution in [0.3, 0.4) is 0 Å². The van der Waals surface area contributed by atoms with Crippen LogP contribution in [0.4, 0.5) is 5.69 Å². The van der Waals surface area contributed by atoms with E-state index in [1.165, 1.54) is 12.3 Å². The molecular formula is C24H21Br2N3O4. The molecule has 3 N–H and O–H groups in total. The van der Waals surface area contributed by atoms with Gasteiger partial charge in [0.1, 0.15) is 11.5 Å². The molecule has 33 heavy (non-hydrogen) atoms. The third-order valence-electron chi connectivity index (χ3n) is 4.67. The molecule has 0 aliphatic carbocycles. The maximum atomic E-state index is 12.3. The number of benzene rings is 3. The first kappa shape index (κ1) is 24.5. The number of ether oxygens (including phenoxy) is 1.